The van der Waals surface area contributed by atoms with Gasteiger partial charge in [-0.2, -0.15) is 15.3 Å². The summed E-state index contributed by atoms with van der Waals surface area (Å²) in [5.74, 6) is 0.148. The summed E-state index contributed by atoms with van der Waals surface area (Å²) in [7, 11) is 4.21. The number of aromatic amines is 1. The molecule has 0 saturated carbocycles. The molecule has 3 rings (SSSR count). The zero-order valence-electron chi connectivity index (χ0n) is 17.9. The van der Waals surface area contributed by atoms with E-state index >= 15 is 0 Å². The second-order valence-electron chi connectivity index (χ2n) is 8.06. The van der Waals surface area contributed by atoms with Crippen molar-refractivity contribution in [1.82, 2.24) is 25.5 Å². The van der Waals surface area contributed by atoms with E-state index in [2.05, 4.69) is 65.5 Å². The first-order valence-corrected chi connectivity index (χ1v) is 10.1. The summed E-state index contributed by atoms with van der Waals surface area (Å²) in [6.45, 7) is 7.61. The van der Waals surface area contributed by atoms with Crippen molar-refractivity contribution in [3.05, 3.63) is 52.1 Å². The monoisotopic (exact) mass is 394 g/mol. The maximum Gasteiger partial charge on any atom is 0.273 e. The van der Waals surface area contributed by atoms with E-state index in [-0.39, 0.29) is 5.91 Å². The van der Waals surface area contributed by atoms with E-state index in [4.69, 9.17) is 0 Å². The number of carbonyl (C=O) groups is 1. The van der Waals surface area contributed by atoms with Crippen LogP contribution in [0.5, 0.6) is 0 Å². The van der Waals surface area contributed by atoms with Crippen molar-refractivity contribution in [2.24, 2.45) is 5.10 Å². The third-order valence-corrected chi connectivity index (χ3v) is 5.16. The standard InChI is InChI=1S/C22H30N6O/c1-14(2)20-17(8-6-7-11-28(4)5)15(3)25-19(20)12-18-21(26-27-22(18)29)16-9-10-23-24-13-16/h9-10,12-14,25H,6-8,11H2,1-5H3,(H,27,29). The Morgan fingerprint density at radius 1 is 1.21 bits per heavy atom. The van der Waals surface area contributed by atoms with Crippen molar-refractivity contribution >= 4 is 17.7 Å². The molecule has 2 N–H and O–H groups in total. The molecule has 7 heteroatoms. The molecule has 0 radical (unpaired) electrons. The number of aromatic nitrogens is 3. The molecule has 2 aromatic heterocycles. The molecule has 3 heterocycles. The summed E-state index contributed by atoms with van der Waals surface area (Å²) in [5.41, 5.74) is 9.29. The molecule has 0 atom stereocenters. The normalized spacial score (nSPS) is 15.5. The number of unbranched alkanes of at least 4 members (excludes halogenated alkanes) is 1. The molecule has 7 nitrogen and oxygen atoms in total. The number of hydrazone groups is 1. The van der Waals surface area contributed by atoms with Crippen molar-refractivity contribution in [2.45, 2.75) is 46.0 Å². The van der Waals surface area contributed by atoms with Crippen molar-refractivity contribution in [3.8, 4) is 0 Å². The predicted octanol–water partition coefficient (Wildman–Crippen LogP) is 3.04. The summed E-state index contributed by atoms with van der Waals surface area (Å²) in [4.78, 5) is 18.2. The molecule has 29 heavy (non-hydrogen) atoms. The number of hydrogen-bond acceptors (Lipinski definition) is 5. The lowest BCUT2D eigenvalue weighted by molar-refractivity contribution is -0.116. The van der Waals surface area contributed by atoms with Gasteiger partial charge >= 0.3 is 0 Å². The lowest BCUT2D eigenvalue weighted by atomic mass is 9.93. The van der Waals surface area contributed by atoms with Gasteiger partial charge in [0.15, 0.2) is 0 Å². The van der Waals surface area contributed by atoms with Crippen molar-refractivity contribution < 1.29 is 4.79 Å². The van der Waals surface area contributed by atoms with Crippen LogP contribution in [0.1, 0.15) is 60.7 Å². The van der Waals surface area contributed by atoms with Gasteiger partial charge in [0.1, 0.15) is 5.71 Å². The molecule has 0 unspecified atom stereocenters. The Kier molecular flexibility index (Phi) is 6.59. The van der Waals surface area contributed by atoms with Gasteiger partial charge in [-0.3, -0.25) is 4.79 Å². The summed E-state index contributed by atoms with van der Waals surface area (Å²) in [6, 6.07) is 1.81. The fourth-order valence-corrected chi connectivity index (χ4v) is 3.80. The number of nitrogens with one attached hydrogen (secondary N) is 2. The van der Waals surface area contributed by atoms with E-state index in [0.717, 1.165) is 30.6 Å². The van der Waals surface area contributed by atoms with Crippen LogP contribution in [-0.4, -0.2) is 52.3 Å². The number of nitrogens with zero attached hydrogens (tertiary/aromatic N) is 4. The molecule has 2 aromatic rings. The van der Waals surface area contributed by atoms with E-state index in [1.807, 2.05) is 6.08 Å². The van der Waals surface area contributed by atoms with Crippen LogP contribution in [0.4, 0.5) is 0 Å². The Morgan fingerprint density at radius 3 is 2.66 bits per heavy atom. The molecule has 1 aliphatic rings. The van der Waals surface area contributed by atoms with Gasteiger partial charge in [0, 0.05) is 17.0 Å². The second kappa shape index (κ2) is 9.13. The number of H-pyrrole nitrogens is 1. The molecule has 1 amide bonds. The zero-order valence-corrected chi connectivity index (χ0v) is 17.9. The van der Waals surface area contributed by atoms with Crippen LogP contribution in [0.3, 0.4) is 0 Å². The van der Waals surface area contributed by atoms with Gasteiger partial charge < -0.3 is 9.88 Å². The lowest BCUT2D eigenvalue weighted by Crippen LogP contribution is -2.14. The van der Waals surface area contributed by atoms with Crippen LogP contribution < -0.4 is 5.43 Å². The maximum absolute atomic E-state index is 12.5. The first-order valence-electron chi connectivity index (χ1n) is 10.1. The van der Waals surface area contributed by atoms with Gasteiger partial charge in [-0.05, 0) is 76.0 Å². The molecule has 154 valence electrons. The largest absolute Gasteiger partial charge is 0.359 e. The molecule has 0 saturated heterocycles. The van der Waals surface area contributed by atoms with Crippen molar-refractivity contribution in [3.63, 3.8) is 0 Å². The lowest BCUT2D eigenvalue weighted by Gasteiger charge is -2.12. The second-order valence-corrected chi connectivity index (χ2v) is 8.06. The quantitative estimate of drug-likeness (QED) is 0.532. The first kappa shape index (κ1) is 20.9. The Bertz CT molecular complexity index is 924. The summed E-state index contributed by atoms with van der Waals surface area (Å²) in [5, 5.41) is 11.9. The molecule has 0 spiro atoms. The average molecular weight is 395 g/mol. The first-order chi connectivity index (χ1) is 13.9. The zero-order chi connectivity index (χ0) is 21.0. The molecular weight excluding hydrogens is 364 g/mol. The molecule has 0 fully saturated rings. The van der Waals surface area contributed by atoms with E-state index < -0.39 is 0 Å². The van der Waals surface area contributed by atoms with E-state index in [0.29, 0.717) is 17.2 Å². The number of amides is 1. The Morgan fingerprint density at radius 2 is 2.00 bits per heavy atom. The van der Waals surface area contributed by atoms with Gasteiger partial charge in [0.05, 0.1) is 18.0 Å². The topological polar surface area (TPSA) is 86.3 Å². The molecule has 1 aliphatic heterocycles. The van der Waals surface area contributed by atoms with E-state index in [1.54, 1.807) is 18.5 Å². The number of hydrogen-bond donors (Lipinski definition) is 2. The van der Waals surface area contributed by atoms with Crippen LogP contribution in [0.25, 0.3) is 6.08 Å². The van der Waals surface area contributed by atoms with E-state index in [1.165, 1.54) is 23.2 Å². The Balaban J connectivity index is 1.92. The highest BCUT2D eigenvalue weighted by Crippen LogP contribution is 2.30. The van der Waals surface area contributed by atoms with Crippen LogP contribution in [0.15, 0.2) is 29.1 Å². The summed E-state index contributed by atoms with van der Waals surface area (Å²) >= 11 is 0. The Hall–Kier alpha value is -2.80. The van der Waals surface area contributed by atoms with Gasteiger partial charge in [-0.15, -0.1) is 0 Å². The summed E-state index contributed by atoms with van der Waals surface area (Å²) in [6.07, 6.45) is 8.48. The van der Waals surface area contributed by atoms with Gasteiger partial charge in [-0.25, -0.2) is 5.43 Å². The van der Waals surface area contributed by atoms with Gasteiger partial charge in [-0.1, -0.05) is 13.8 Å². The minimum atomic E-state index is -0.202. The fraction of sp³-hybridized carbons (Fsp3) is 0.455. The third kappa shape index (κ3) is 4.79. The Labute approximate surface area is 172 Å². The molecular formula is C22H30N6O. The average Bonchev–Trinajstić information content (AvgIpc) is 3.19. The summed E-state index contributed by atoms with van der Waals surface area (Å²) < 4.78 is 0. The predicted molar refractivity (Wildman–Crippen MR) is 116 cm³/mol. The SMILES string of the molecule is Cc1[nH]c(C=C2C(=O)NN=C2c2ccnnc2)c(C(C)C)c1CCCCN(C)C. The minimum Gasteiger partial charge on any atom is -0.359 e. The van der Waals surface area contributed by atoms with E-state index in [9.17, 15) is 4.79 Å². The number of carbonyl (C=O) groups excluding carboxylic acids is 1. The van der Waals surface area contributed by atoms with Gasteiger partial charge in [0.2, 0.25) is 0 Å². The molecule has 0 aromatic carbocycles. The van der Waals surface area contributed by atoms with Crippen LogP contribution in [-0.2, 0) is 11.2 Å². The molecule has 0 bridgehead atoms. The highest BCUT2D eigenvalue weighted by molar-refractivity contribution is 6.33. The highest BCUT2D eigenvalue weighted by Gasteiger charge is 2.26. The van der Waals surface area contributed by atoms with Crippen LogP contribution in [0, 0.1) is 6.92 Å². The highest BCUT2D eigenvalue weighted by atomic mass is 16.2. The van der Waals surface area contributed by atoms with Crippen LogP contribution in [0.2, 0.25) is 0 Å². The fourth-order valence-electron chi connectivity index (χ4n) is 3.80. The smallest absolute Gasteiger partial charge is 0.273 e. The number of rotatable bonds is 8. The van der Waals surface area contributed by atoms with Crippen LogP contribution >= 0.6 is 0 Å². The third-order valence-electron chi connectivity index (χ3n) is 5.16. The maximum atomic E-state index is 12.5. The minimum absolute atomic E-state index is 0.202. The van der Waals surface area contributed by atoms with Gasteiger partial charge in [0.25, 0.3) is 5.91 Å². The van der Waals surface area contributed by atoms with Crippen molar-refractivity contribution in [2.75, 3.05) is 20.6 Å². The molecule has 0 aliphatic carbocycles. The number of aryl methyl sites for hydroxylation is 1. The van der Waals surface area contributed by atoms with Crippen molar-refractivity contribution in [1.29, 1.82) is 0 Å².